The molecule has 1 unspecified atom stereocenters. The molecular weight excluding hydrogens is 235 g/mol. The Kier molecular flexibility index (Phi) is 4.40. The number of hydrogen-bond donors (Lipinski definition) is 0. The largest absolute Gasteiger partial charge is 0.400 e. The highest BCUT2D eigenvalue weighted by Crippen LogP contribution is 2.22. The Labute approximate surface area is 94.3 Å². The summed E-state index contributed by atoms with van der Waals surface area (Å²) in [6.07, 6.45) is -0.919. The topological polar surface area (TPSA) is 52.6 Å². The van der Waals surface area contributed by atoms with E-state index in [9.17, 15) is 12.8 Å². The van der Waals surface area contributed by atoms with E-state index in [1.165, 1.54) is 32.0 Å². The molecule has 0 aliphatic heterocycles. The number of hydrogen-bond acceptors (Lipinski definition) is 4. The van der Waals surface area contributed by atoms with Crippen molar-refractivity contribution in [2.75, 3.05) is 6.61 Å². The van der Waals surface area contributed by atoms with E-state index in [2.05, 4.69) is 8.37 Å². The molecule has 16 heavy (non-hydrogen) atoms. The van der Waals surface area contributed by atoms with Gasteiger partial charge < -0.3 is 0 Å². The summed E-state index contributed by atoms with van der Waals surface area (Å²) in [5.74, 6) is -0.512. The Morgan fingerprint density at radius 1 is 1.38 bits per heavy atom. The molecule has 0 radical (unpaired) electrons. The molecule has 6 heteroatoms. The monoisotopic (exact) mass is 248 g/mol. The summed E-state index contributed by atoms with van der Waals surface area (Å²) in [4.78, 5) is 0. The average Bonchev–Trinajstić information content (AvgIpc) is 2.17. The molecule has 0 bridgehead atoms. The van der Waals surface area contributed by atoms with Crippen LogP contribution in [0.5, 0.6) is 0 Å². The molecular formula is C10H13FO4S. The van der Waals surface area contributed by atoms with Crippen molar-refractivity contribution in [2.45, 2.75) is 20.0 Å². The average molecular weight is 248 g/mol. The number of halogens is 1. The van der Waals surface area contributed by atoms with Gasteiger partial charge in [0.2, 0.25) is 0 Å². The van der Waals surface area contributed by atoms with Crippen LogP contribution in [0.25, 0.3) is 0 Å². The third-order valence-electron chi connectivity index (χ3n) is 1.87. The van der Waals surface area contributed by atoms with Gasteiger partial charge in [0.25, 0.3) is 0 Å². The van der Waals surface area contributed by atoms with Crippen LogP contribution < -0.4 is 0 Å². The van der Waals surface area contributed by atoms with Crippen LogP contribution in [0.2, 0.25) is 0 Å². The lowest BCUT2D eigenvalue weighted by Crippen LogP contribution is -2.13. The van der Waals surface area contributed by atoms with Gasteiger partial charge in [0.15, 0.2) is 0 Å². The SMILES string of the molecule is CCOS(=O)(=O)OC(C)c1ccccc1F. The lowest BCUT2D eigenvalue weighted by Gasteiger charge is -2.12. The minimum Gasteiger partial charge on any atom is -0.248 e. The molecule has 0 fully saturated rings. The maximum atomic E-state index is 13.3. The quantitative estimate of drug-likeness (QED) is 0.801. The molecule has 0 aliphatic rings. The molecule has 4 nitrogen and oxygen atoms in total. The zero-order valence-corrected chi connectivity index (χ0v) is 9.83. The van der Waals surface area contributed by atoms with Crippen molar-refractivity contribution in [3.63, 3.8) is 0 Å². The van der Waals surface area contributed by atoms with E-state index in [0.29, 0.717) is 0 Å². The summed E-state index contributed by atoms with van der Waals surface area (Å²) < 4.78 is 44.6. The molecule has 0 saturated carbocycles. The van der Waals surface area contributed by atoms with E-state index >= 15 is 0 Å². The summed E-state index contributed by atoms with van der Waals surface area (Å²) in [6, 6.07) is 5.82. The van der Waals surface area contributed by atoms with Crippen LogP contribution in [-0.4, -0.2) is 15.0 Å². The molecule has 1 aromatic carbocycles. The lowest BCUT2D eigenvalue weighted by molar-refractivity contribution is 0.170. The van der Waals surface area contributed by atoms with Gasteiger partial charge in [0.1, 0.15) is 11.9 Å². The first kappa shape index (κ1) is 13.1. The van der Waals surface area contributed by atoms with Gasteiger partial charge in [0.05, 0.1) is 6.61 Å². The third-order valence-corrected chi connectivity index (χ3v) is 2.92. The van der Waals surface area contributed by atoms with E-state index in [0.717, 1.165) is 0 Å². The summed E-state index contributed by atoms with van der Waals surface area (Å²) in [7, 11) is -4.06. The minimum absolute atomic E-state index is 0.0215. The second-order valence-corrected chi connectivity index (χ2v) is 4.32. The van der Waals surface area contributed by atoms with Crippen molar-refractivity contribution in [3.05, 3.63) is 35.6 Å². The van der Waals surface area contributed by atoms with Gasteiger partial charge in [-0.15, -0.1) is 0 Å². The number of rotatable bonds is 5. The molecule has 1 aromatic rings. The first-order valence-corrected chi connectivity index (χ1v) is 6.11. The number of benzene rings is 1. The molecule has 0 saturated heterocycles. The van der Waals surface area contributed by atoms with Crippen LogP contribution in [-0.2, 0) is 18.8 Å². The molecule has 0 aromatic heterocycles. The van der Waals surface area contributed by atoms with Crippen LogP contribution in [0, 0.1) is 5.82 Å². The molecule has 0 spiro atoms. The second kappa shape index (κ2) is 5.38. The predicted molar refractivity (Wildman–Crippen MR) is 56.4 cm³/mol. The van der Waals surface area contributed by atoms with Gasteiger partial charge in [0, 0.05) is 5.56 Å². The fraction of sp³-hybridized carbons (Fsp3) is 0.400. The van der Waals surface area contributed by atoms with E-state index in [-0.39, 0.29) is 12.2 Å². The fourth-order valence-corrected chi connectivity index (χ4v) is 2.01. The highest BCUT2D eigenvalue weighted by atomic mass is 32.3. The third kappa shape index (κ3) is 3.55. The van der Waals surface area contributed by atoms with Gasteiger partial charge in [-0.2, -0.15) is 8.42 Å². The zero-order chi connectivity index (χ0) is 12.2. The maximum Gasteiger partial charge on any atom is 0.400 e. The van der Waals surface area contributed by atoms with Crippen LogP contribution in [0.1, 0.15) is 25.5 Å². The molecule has 0 N–H and O–H groups in total. The Morgan fingerprint density at radius 3 is 2.56 bits per heavy atom. The van der Waals surface area contributed by atoms with Crippen molar-refractivity contribution in [1.29, 1.82) is 0 Å². The summed E-state index contributed by atoms with van der Waals surface area (Å²) in [6.45, 7) is 2.94. The predicted octanol–water partition coefficient (Wildman–Crippen LogP) is 2.18. The van der Waals surface area contributed by atoms with Crippen LogP contribution >= 0.6 is 0 Å². The zero-order valence-electron chi connectivity index (χ0n) is 9.01. The standard InChI is InChI=1S/C10H13FO4S/c1-3-14-16(12,13)15-8(2)9-6-4-5-7-10(9)11/h4-8H,3H2,1-2H3. The molecule has 0 heterocycles. The van der Waals surface area contributed by atoms with E-state index < -0.39 is 22.3 Å². The van der Waals surface area contributed by atoms with Gasteiger partial charge in [-0.3, -0.25) is 0 Å². The summed E-state index contributed by atoms with van der Waals surface area (Å²) in [5.41, 5.74) is 0.172. The van der Waals surface area contributed by atoms with Crippen LogP contribution in [0.15, 0.2) is 24.3 Å². The fourth-order valence-electron chi connectivity index (χ4n) is 1.21. The van der Waals surface area contributed by atoms with Gasteiger partial charge in [-0.25, -0.2) is 12.8 Å². The Morgan fingerprint density at radius 2 is 2.00 bits per heavy atom. The van der Waals surface area contributed by atoms with E-state index in [1.54, 1.807) is 6.07 Å². The van der Waals surface area contributed by atoms with Crippen molar-refractivity contribution in [1.82, 2.24) is 0 Å². The van der Waals surface area contributed by atoms with Crippen molar-refractivity contribution in [2.24, 2.45) is 0 Å². The smallest absolute Gasteiger partial charge is 0.248 e. The highest BCUT2D eigenvalue weighted by Gasteiger charge is 2.19. The Hall–Kier alpha value is -0.980. The van der Waals surface area contributed by atoms with Crippen molar-refractivity contribution in [3.8, 4) is 0 Å². The van der Waals surface area contributed by atoms with Crippen molar-refractivity contribution < 1.29 is 21.2 Å². The molecule has 0 amide bonds. The maximum absolute atomic E-state index is 13.3. The van der Waals surface area contributed by atoms with Gasteiger partial charge >= 0.3 is 10.4 Å². The van der Waals surface area contributed by atoms with E-state index in [1.807, 2.05) is 0 Å². The van der Waals surface area contributed by atoms with Gasteiger partial charge in [-0.1, -0.05) is 18.2 Å². The second-order valence-electron chi connectivity index (χ2n) is 3.07. The molecule has 0 aliphatic carbocycles. The van der Waals surface area contributed by atoms with Crippen molar-refractivity contribution >= 4 is 10.4 Å². The Balaban J connectivity index is 2.81. The van der Waals surface area contributed by atoms with Gasteiger partial charge in [-0.05, 0) is 19.9 Å². The molecule has 1 atom stereocenters. The van der Waals surface area contributed by atoms with E-state index in [4.69, 9.17) is 0 Å². The minimum atomic E-state index is -4.06. The summed E-state index contributed by atoms with van der Waals surface area (Å²) >= 11 is 0. The van der Waals surface area contributed by atoms with Crippen LogP contribution in [0.3, 0.4) is 0 Å². The van der Waals surface area contributed by atoms with Crippen LogP contribution in [0.4, 0.5) is 4.39 Å². The first-order chi connectivity index (χ1) is 7.46. The molecule has 1 rings (SSSR count). The Bertz CT molecular complexity index is 444. The lowest BCUT2D eigenvalue weighted by atomic mass is 10.1. The normalized spacial score (nSPS) is 13.7. The highest BCUT2D eigenvalue weighted by molar-refractivity contribution is 7.81. The first-order valence-electron chi connectivity index (χ1n) is 4.78. The summed E-state index contributed by atoms with van der Waals surface area (Å²) in [5, 5.41) is 0. The molecule has 90 valence electrons.